The molecule has 1 aliphatic heterocycles. The summed E-state index contributed by atoms with van der Waals surface area (Å²) in [6, 6.07) is 0. The molecule has 4 heteroatoms. The zero-order chi connectivity index (χ0) is 9.52. The standard InChI is InChI=1S/C9H18O3S/c1-8(7-10)13-6-3-9-11-4-2-5-12-9/h8-10H,2-7H2,1H3. The van der Waals surface area contributed by atoms with Crippen molar-refractivity contribution in [2.75, 3.05) is 25.6 Å². The predicted octanol–water partition coefficient (Wildman–Crippen LogP) is 1.25. The molecule has 1 unspecified atom stereocenters. The van der Waals surface area contributed by atoms with Crippen LogP contribution in [0.25, 0.3) is 0 Å². The molecule has 0 aromatic rings. The summed E-state index contributed by atoms with van der Waals surface area (Å²) in [6.45, 7) is 3.92. The average Bonchev–Trinajstić information content (AvgIpc) is 2.19. The fourth-order valence-corrected chi connectivity index (χ4v) is 1.96. The molecule has 0 aromatic carbocycles. The molecule has 0 bridgehead atoms. The van der Waals surface area contributed by atoms with Crippen LogP contribution in [0.3, 0.4) is 0 Å². The largest absolute Gasteiger partial charge is 0.395 e. The van der Waals surface area contributed by atoms with Gasteiger partial charge < -0.3 is 14.6 Å². The van der Waals surface area contributed by atoms with E-state index in [2.05, 4.69) is 0 Å². The highest BCUT2D eigenvalue weighted by Crippen LogP contribution is 2.15. The number of ether oxygens (including phenoxy) is 2. The first kappa shape index (κ1) is 11.3. The Labute approximate surface area is 83.8 Å². The highest BCUT2D eigenvalue weighted by molar-refractivity contribution is 7.99. The molecule has 0 aromatic heterocycles. The maximum absolute atomic E-state index is 8.79. The number of aliphatic hydroxyl groups excluding tert-OH is 1. The number of hydrogen-bond acceptors (Lipinski definition) is 4. The Morgan fingerprint density at radius 3 is 2.77 bits per heavy atom. The van der Waals surface area contributed by atoms with Crippen LogP contribution in [0.5, 0.6) is 0 Å². The average molecular weight is 206 g/mol. The Morgan fingerprint density at radius 2 is 2.15 bits per heavy atom. The topological polar surface area (TPSA) is 38.7 Å². The van der Waals surface area contributed by atoms with E-state index in [0.717, 1.165) is 31.8 Å². The van der Waals surface area contributed by atoms with E-state index in [-0.39, 0.29) is 12.9 Å². The summed E-state index contributed by atoms with van der Waals surface area (Å²) in [5.74, 6) is 0.992. The van der Waals surface area contributed by atoms with E-state index in [1.165, 1.54) is 0 Å². The fourth-order valence-electron chi connectivity index (χ4n) is 1.12. The van der Waals surface area contributed by atoms with E-state index in [0.29, 0.717) is 5.25 Å². The first-order valence-corrected chi connectivity index (χ1v) is 5.83. The number of rotatable bonds is 5. The third-order valence-electron chi connectivity index (χ3n) is 1.91. The first-order valence-electron chi connectivity index (χ1n) is 4.78. The molecule has 78 valence electrons. The molecule has 3 nitrogen and oxygen atoms in total. The van der Waals surface area contributed by atoms with Crippen molar-refractivity contribution in [3.05, 3.63) is 0 Å². The number of thioether (sulfide) groups is 1. The fraction of sp³-hybridized carbons (Fsp3) is 1.00. The Kier molecular flexibility index (Phi) is 5.78. The normalized spacial score (nSPS) is 21.7. The van der Waals surface area contributed by atoms with Gasteiger partial charge in [-0.2, -0.15) is 11.8 Å². The molecule has 1 rings (SSSR count). The minimum absolute atomic E-state index is 0.00728. The van der Waals surface area contributed by atoms with E-state index < -0.39 is 0 Å². The van der Waals surface area contributed by atoms with Gasteiger partial charge in [0.15, 0.2) is 6.29 Å². The van der Waals surface area contributed by atoms with Gasteiger partial charge in [-0.05, 0) is 12.2 Å². The molecule has 1 heterocycles. The summed E-state index contributed by atoms with van der Waals surface area (Å²) in [4.78, 5) is 0. The minimum atomic E-state index is -0.00728. The molecule has 0 spiro atoms. The van der Waals surface area contributed by atoms with Gasteiger partial charge in [-0.25, -0.2) is 0 Å². The predicted molar refractivity (Wildman–Crippen MR) is 53.9 cm³/mol. The van der Waals surface area contributed by atoms with Crippen LogP contribution in [0, 0.1) is 0 Å². The zero-order valence-corrected chi connectivity index (χ0v) is 8.89. The van der Waals surface area contributed by atoms with Crippen LogP contribution >= 0.6 is 11.8 Å². The van der Waals surface area contributed by atoms with E-state index in [9.17, 15) is 0 Å². The number of hydrogen-bond donors (Lipinski definition) is 1. The monoisotopic (exact) mass is 206 g/mol. The van der Waals surface area contributed by atoms with Crippen molar-refractivity contribution < 1.29 is 14.6 Å². The summed E-state index contributed by atoms with van der Waals surface area (Å²) >= 11 is 1.76. The van der Waals surface area contributed by atoms with E-state index >= 15 is 0 Å². The molecule has 13 heavy (non-hydrogen) atoms. The van der Waals surface area contributed by atoms with E-state index in [1.807, 2.05) is 6.92 Å². The summed E-state index contributed by atoms with van der Waals surface area (Å²) < 4.78 is 10.8. The second-order valence-electron chi connectivity index (χ2n) is 3.18. The van der Waals surface area contributed by atoms with Crippen LogP contribution in [0.1, 0.15) is 19.8 Å². The summed E-state index contributed by atoms with van der Waals surface area (Å²) in [7, 11) is 0. The van der Waals surface area contributed by atoms with Crippen LogP contribution < -0.4 is 0 Å². The molecule has 0 radical (unpaired) electrons. The maximum atomic E-state index is 8.79. The smallest absolute Gasteiger partial charge is 0.158 e. The lowest BCUT2D eigenvalue weighted by Gasteiger charge is -2.23. The molecule has 0 saturated carbocycles. The SMILES string of the molecule is CC(CO)SCCC1OCCCO1. The Bertz CT molecular complexity index is 126. The Hall–Kier alpha value is 0.230. The van der Waals surface area contributed by atoms with Crippen molar-refractivity contribution in [3.8, 4) is 0 Å². The highest BCUT2D eigenvalue weighted by Gasteiger charge is 2.13. The molecule has 1 N–H and O–H groups in total. The molecular weight excluding hydrogens is 188 g/mol. The zero-order valence-electron chi connectivity index (χ0n) is 8.07. The van der Waals surface area contributed by atoms with Crippen LogP contribution in [0.4, 0.5) is 0 Å². The summed E-state index contributed by atoms with van der Waals surface area (Å²) in [5, 5.41) is 9.11. The van der Waals surface area contributed by atoms with Gasteiger partial charge in [0.05, 0.1) is 19.8 Å². The van der Waals surface area contributed by atoms with Crippen LogP contribution in [-0.2, 0) is 9.47 Å². The van der Waals surface area contributed by atoms with Gasteiger partial charge in [0.1, 0.15) is 0 Å². The van der Waals surface area contributed by atoms with Crippen LogP contribution in [-0.4, -0.2) is 42.2 Å². The third-order valence-corrected chi connectivity index (χ3v) is 3.10. The lowest BCUT2D eigenvalue weighted by atomic mass is 10.4. The van der Waals surface area contributed by atoms with Gasteiger partial charge in [0.2, 0.25) is 0 Å². The first-order chi connectivity index (χ1) is 6.33. The summed E-state index contributed by atoms with van der Waals surface area (Å²) in [6.07, 6.45) is 1.93. The molecular formula is C9H18O3S. The van der Waals surface area contributed by atoms with E-state index in [4.69, 9.17) is 14.6 Å². The molecule has 1 fully saturated rings. The van der Waals surface area contributed by atoms with Gasteiger partial charge in [-0.15, -0.1) is 0 Å². The van der Waals surface area contributed by atoms with Crippen LogP contribution in [0.2, 0.25) is 0 Å². The van der Waals surface area contributed by atoms with Gasteiger partial charge in [0, 0.05) is 11.7 Å². The molecule has 1 atom stereocenters. The van der Waals surface area contributed by atoms with Crippen LogP contribution in [0.15, 0.2) is 0 Å². The van der Waals surface area contributed by atoms with Crippen molar-refractivity contribution in [2.24, 2.45) is 0 Å². The second-order valence-corrected chi connectivity index (χ2v) is 4.72. The molecule has 0 aliphatic carbocycles. The minimum Gasteiger partial charge on any atom is -0.395 e. The summed E-state index contributed by atoms with van der Waals surface area (Å²) in [5.41, 5.74) is 0. The second kappa shape index (κ2) is 6.65. The Morgan fingerprint density at radius 1 is 1.46 bits per heavy atom. The lowest BCUT2D eigenvalue weighted by Crippen LogP contribution is -2.25. The quantitative estimate of drug-likeness (QED) is 0.735. The van der Waals surface area contributed by atoms with Crippen molar-refractivity contribution in [2.45, 2.75) is 31.3 Å². The van der Waals surface area contributed by atoms with E-state index in [1.54, 1.807) is 11.8 Å². The lowest BCUT2D eigenvalue weighted by molar-refractivity contribution is -0.178. The van der Waals surface area contributed by atoms with Gasteiger partial charge in [-0.1, -0.05) is 6.92 Å². The Balaban J connectivity index is 1.98. The van der Waals surface area contributed by atoms with Crippen molar-refractivity contribution in [3.63, 3.8) is 0 Å². The number of aliphatic hydroxyl groups is 1. The van der Waals surface area contributed by atoms with Crippen molar-refractivity contribution in [1.82, 2.24) is 0 Å². The maximum Gasteiger partial charge on any atom is 0.158 e. The van der Waals surface area contributed by atoms with Crippen molar-refractivity contribution in [1.29, 1.82) is 0 Å². The van der Waals surface area contributed by atoms with Gasteiger partial charge in [0.25, 0.3) is 0 Å². The third kappa shape index (κ3) is 4.86. The molecule has 1 saturated heterocycles. The van der Waals surface area contributed by atoms with Crippen molar-refractivity contribution >= 4 is 11.8 Å². The highest BCUT2D eigenvalue weighted by atomic mass is 32.2. The molecule has 1 aliphatic rings. The van der Waals surface area contributed by atoms with Gasteiger partial charge in [-0.3, -0.25) is 0 Å². The molecule has 0 amide bonds. The van der Waals surface area contributed by atoms with Gasteiger partial charge >= 0.3 is 0 Å².